The van der Waals surface area contributed by atoms with Gasteiger partial charge in [-0.15, -0.1) is 0 Å². The largest absolute Gasteiger partial charge is 0.455 e. The van der Waals surface area contributed by atoms with E-state index in [1.54, 1.807) is 6.92 Å². The van der Waals surface area contributed by atoms with Crippen molar-refractivity contribution in [1.82, 2.24) is 5.32 Å². The van der Waals surface area contributed by atoms with Gasteiger partial charge < -0.3 is 10.1 Å². The zero-order valence-corrected chi connectivity index (χ0v) is 9.49. The monoisotopic (exact) mass is 261 g/mol. The third-order valence-corrected chi connectivity index (χ3v) is 2.43. The van der Waals surface area contributed by atoms with Crippen LogP contribution in [-0.4, -0.2) is 37.9 Å². The zero-order valence-electron chi connectivity index (χ0n) is 9.49. The van der Waals surface area contributed by atoms with Crippen molar-refractivity contribution in [2.45, 2.75) is 37.9 Å². The minimum absolute atomic E-state index is 0.0837. The van der Waals surface area contributed by atoms with Gasteiger partial charge in [-0.3, -0.25) is 0 Å². The zero-order chi connectivity index (χ0) is 13.1. The first kappa shape index (κ1) is 14.6. The molecule has 0 bridgehead atoms. The molecule has 1 unspecified atom stereocenters. The summed E-state index contributed by atoms with van der Waals surface area (Å²) in [6, 6.07) is 0.481. The van der Waals surface area contributed by atoms with E-state index in [1.165, 1.54) is 0 Å². The molecule has 1 aliphatic rings. The molecule has 1 saturated carbocycles. The fourth-order valence-electron chi connectivity index (χ4n) is 1.18. The number of alkyl halides is 5. The maximum atomic E-state index is 12.4. The summed E-state index contributed by atoms with van der Waals surface area (Å²) in [4.78, 5) is 0. The molecule has 0 aromatic heterocycles. The second kappa shape index (κ2) is 5.48. The Labute approximate surface area is 96.5 Å². The molecule has 0 aliphatic heterocycles. The SMILES string of the molecule is CC(CNC1CC1)COCC(F)(F)C(F)(F)F. The van der Waals surface area contributed by atoms with Crippen molar-refractivity contribution in [3.63, 3.8) is 0 Å². The lowest BCUT2D eigenvalue weighted by atomic mass is 10.2. The summed E-state index contributed by atoms with van der Waals surface area (Å²) in [5, 5.41) is 3.14. The molecule has 2 nitrogen and oxygen atoms in total. The van der Waals surface area contributed by atoms with Gasteiger partial charge in [-0.1, -0.05) is 6.92 Å². The molecule has 0 heterocycles. The van der Waals surface area contributed by atoms with Crippen LogP contribution < -0.4 is 5.32 Å². The van der Waals surface area contributed by atoms with Crippen LogP contribution in [0, 0.1) is 5.92 Å². The van der Waals surface area contributed by atoms with Crippen LogP contribution in [0.25, 0.3) is 0 Å². The molecule has 0 aromatic carbocycles. The number of nitrogens with one attached hydrogen (secondary N) is 1. The smallest absolute Gasteiger partial charge is 0.374 e. The van der Waals surface area contributed by atoms with E-state index < -0.39 is 18.7 Å². The highest BCUT2D eigenvalue weighted by atomic mass is 19.4. The van der Waals surface area contributed by atoms with Gasteiger partial charge in [0.15, 0.2) is 0 Å². The van der Waals surface area contributed by atoms with Crippen molar-refractivity contribution in [3.05, 3.63) is 0 Å². The molecule has 17 heavy (non-hydrogen) atoms. The fraction of sp³-hybridized carbons (Fsp3) is 1.00. The van der Waals surface area contributed by atoms with Crippen molar-refractivity contribution >= 4 is 0 Å². The molecule has 0 aromatic rings. The normalized spacial score (nSPS) is 19.4. The van der Waals surface area contributed by atoms with E-state index in [9.17, 15) is 22.0 Å². The van der Waals surface area contributed by atoms with Crippen LogP contribution >= 0.6 is 0 Å². The van der Waals surface area contributed by atoms with Crippen LogP contribution in [0.15, 0.2) is 0 Å². The summed E-state index contributed by atoms with van der Waals surface area (Å²) in [5.41, 5.74) is 0. The van der Waals surface area contributed by atoms with Gasteiger partial charge in [0.25, 0.3) is 0 Å². The summed E-state index contributed by atoms with van der Waals surface area (Å²) >= 11 is 0. The van der Waals surface area contributed by atoms with E-state index in [-0.39, 0.29) is 12.5 Å². The Morgan fingerprint density at radius 1 is 1.24 bits per heavy atom. The molecule has 0 amide bonds. The Hall–Kier alpha value is -0.430. The molecule has 0 saturated heterocycles. The average Bonchev–Trinajstić information content (AvgIpc) is 2.96. The highest BCUT2D eigenvalue weighted by molar-refractivity contribution is 4.81. The minimum atomic E-state index is -5.54. The van der Waals surface area contributed by atoms with Crippen LogP contribution in [0.2, 0.25) is 0 Å². The van der Waals surface area contributed by atoms with Gasteiger partial charge >= 0.3 is 12.1 Å². The molecule has 1 N–H and O–H groups in total. The van der Waals surface area contributed by atoms with Crippen molar-refractivity contribution < 1.29 is 26.7 Å². The second-order valence-corrected chi connectivity index (χ2v) is 4.51. The van der Waals surface area contributed by atoms with E-state index in [2.05, 4.69) is 10.1 Å². The highest BCUT2D eigenvalue weighted by Crippen LogP contribution is 2.35. The maximum absolute atomic E-state index is 12.4. The van der Waals surface area contributed by atoms with Crippen LogP contribution in [0.3, 0.4) is 0 Å². The number of rotatable bonds is 7. The fourth-order valence-corrected chi connectivity index (χ4v) is 1.18. The molecule has 1 rings (SSSR count). The van der Waals surface area contributed by atoms with Gasteiger partial charge in [-0.25, -0.2) is 0 Å². The number of hydrogen-bond donors (Lipinski definition) is 1. The summed E-state index contributed by atoms with van der Waals surface area (Å²) in [6.07, 6.45) is -3.35. The Kier molecular flexibility index (Phi) is 4.71. The summed E-state index contributed by atoms with van der Waals surface area (Å²) in [5.74, 6) is -4.85. The molecule has 0 radical (unpaired) electrons. The molecule has 102 valence electrons. The average molecular weight is 261 g/mol. The molecule has 1 fully saturated rings. The second-order valence-electron chi connectivity index (χ2n) is 4.51. The van der Waals surface area contributed by atoms with E-state index in [0.29, 0.717) is 12.6 Å². The van der Waals surface area contributed by atoms with Gasteiger partial charge in [0.2, 0.25) is 0 Å². The van der Waals surface area contributed by atoms with Crippen LogP contribution in [-0.2, 0) is 4.74 Å². The third-order valence-electron chi connectivity index (χ3n) is 2.43. The van der Waals surface area contributed by atoms with Crippen LogP contribution in [0.4, 0.5) is 22.0 Å². The van der Waals surface area contributed by atoms with Gasteiger partial charge in [0.1, 0.15) is 6.61 Å². The Bertz CT molecular complexity index is 239. The van der Waals surface area contributed by atoms with Gasteiger partial charge in [-0.05, 0) is 18.8 Å². The summed E-state index contributed by atoms with van der Waals surface area (Å²) in [7, 11) is 0. The van der Waals surface area contributed by atoms with E-state index in [4.69, 9.17) is 0 Å². The lowest BCUT2D eigenvalue weighted by molar-refractivity contribution is -0.297. The minimum Gasteiger partial charge on any atom is -0.374 e. The Morgan fingerprint density at radius 3 is 2.29 bits per heavy atom. The Balaban J connectivity index is 2.12. The number of halogens is 5. The topological polar surface area (TPSA) is 21.3 Å². The van der Waals surface area contributed by atoms with Gasteiger partial charge in [0, 0.05) is 12.6 Å². The first-order chi connectivity index (χ1) is 7.72. The van der Waals surface area contributed by atoms with Crippen LogP contribution in [0.1, 0.15) is 19.8 Å². The number of hydrogen-bond acceptors (Lipinski definition) is 2. The molecular formula is C10H16F5NO. The van der Waals surface area contributed by atoms with E-state index in [1.807, 2.05) is 0 Å². The van der Waals surface area contributed by atoms with Crippen molar-refractivity contribution in [2.75, 3.05) is 19.8 Å². The molecule has 7 heteroatoms. The highest BCUT2D eigenvalue weighted by Gasteiger charge is 2.57. The van der Waals surface area contributed by atoms with Crippen molar-refractivity contribution in [1.29, 1.82) is 0 Å². The Morgan fingerprint density at radius 2 is 1.82 bits per heavy atom. The quantitative estimate of drug-likeness (QED) is 0.711. The first-order valence-electron chi connectivity index (χ1n) is 5.48. The predicted molar refractivity (Wildman–Crippen MR) is 52.0 cm³/mol. The van der Waals surface area contributed by atoms with E-state index in [0.717, 1.165) is 12.8 Å². The molecule has 1 atom stereocenters. The maximum Gasteiger partial charge on any atom is 0.455 e. The lowest BCUT2D eigenvalue weighted by Gasteiger charge is -2.20. The summed E-state index contributed by atoms with van der Waals surface area (Å²) in [6.45, 7) is 0.596. The molecule has 1 aliphatic carbocycles. The lowest BCUT2D eigenvalue weighted by Crippen LogP contribution is -2.41. The molecular weight excluding hydrogens is 245 g/mol. The summed E-state index contributed by atoms with van der Waals surface area (Å²) < 4.78 is 64.6. The van der Waals surface area contributed by atoms with Crippen molar-refractivity contribution in [2.24, 2.45) is 5.92 Å². The predicted octanol–water partition coefficient (Wildman–Crippen LogP) is 2.59. The number of ether oxygens (including phenoxy) is 1. The van der Waals surface area contributed by atoms with Gasteiger partial charge in [-0.2, -0.15) is 22.0 Å². The van der Waals surface area contributed by atoms with Gasteiger partial charge in [0.05, 0.1) is 6.61 Å². The molecule has 0 spiro atoms. The standard InChI is InChI=1S/C10H16F5NO/c1-7(4-16-8-2-3-8)5-17-6-9(11,12)10(13,14)15/h7-8,16H,2-6H2,1H3. The first-order valence-corrected chi connectivity index (χ1v) is 5.48. The van der Waals surface area contributed by atoms with Crippen LogP contribution in [0.5, 0.6) is 0 Å². The third kappa shape index (κ3) is 5.16. The van der Waals surface area contributed by atoms with E-state index >= 15 is 0 Å². The van der Waals surface area contributed by atoms with Crippen molar-refractivity contribution in [3.8, 4) is 0 Å².